The van der Waals surface area contributed by atoms with Gasteiger partial charge in [0.05, 0.1) is 6.04 Å². The minimum atomic E-state index is -0.746. The number of aryl methyl sites for hydroxylation is 1. The highest BCUT2D eigenvalue weighted by Crippen LogP contribution is 2.45. The first kappa shape index (κ1) is 17.0. The SMILES string of the molecule is Cc1ccc(N2C(=O)C(O)=C(c3ccccc3)[C@@H]2c2ccccc2F)cc1. The molecule has 1 aliphatic heterocycles. The number of amides is 1. The Morgan fingerprint density at radius 1 is 0.889 bits per heavy atom. The summed E-state index contributed by atoms with van der Waals surface area (Å²) in [6, 6.07) is 22.1. The molecule has 3 aromatic rings. The zero-order valence-corrected chi connectivity index (χ0v) is 14.8. The molecule has 0 aromatic heterocycles. The number of hydrogen-bond acceptors (Lipinski definition) is 2. The van der Waals surface area contributed by atoms with Crippen LogP contribution in [0.3, 0.4) is 0 Å². The van der Waals surface area contributed by atoms with E-state index < -0.39 is 17.8 Å². The highest BCUT2D eigenvalue weighted by atomic mass is 19.1. The Morgan fingerprint density at radius 2 is 1.52 bits per heavy atom. The smallest absolute Gasteiger partial charge is 0.294 e. The molecule has 0 unspecified atom stereocenters. The molecule has 1 atom stereocenters. The average Bonchev–Trinajstić information content (AvgIpc) is 2.95. The van der Waals surface area contributed by atoms with Crippen molar-refractivity contribution in [2.75, 3.05) is 4.90 Å². The van der Waals surface area contributed by atoms with Crippen molar-refractivity contribution in [3.05, 3.63) is 107 Å². The van der Waals surface area contributed by atoms with Crippen molar-refractivity contribution < 1.29 is 14.3 Å². The summed E-state index contributed by atoms with van der Waals surface area (Å²) in [5.74, 6) is -1.31. The van der Waals surface area contributed by atoms with E-state index >= 15 is 0 Å². The van der Waals surface area contributed by atoms with Crippen molar-refractivity contribution in [3.63, 3.8) is 0 Å². The van der Waals surface area contributed by atoms with Crippen molar-refractivity contribution in [1.82, 2.24) is 0 Å². The number of aliphatic hydroxyl groups is 1. The Balaban J connectivity index is 1.94. The van der Waals surface area contributed by atoms with Gasteiger partial charge in [-0.1, -0.05) is 66.2 Å². The molecule has 27 heavy (non-hydrogen) atoms. The molecule has 0 radical (unpaired) electrons. The third-order valence-corrected chi connectivity index (χ3v) is 4.80. The van der Waals surface area contributed by atoms with E-state index in [0.717, 1.165) is 5.56 Å². The van der Waals surface area contributed by atoms with Gasteiger partial charge >= 0.3 is 0 Å². The van der Waals surface area contributed by atoms with Crippen LogP contribution in [0.5, 0.6) is 0 Å². The predicted molar refractivity (Wildman–Crippen MR) is 104 cm³/mol. The van der Waals surface area contributed by atoms with Gasteiger partial charge in [-0.15, -0.1) is 0 Å². The Bertz CT molecular complexity index is 1030. The topological polar surface area (TPSA) is 40.5 Å². The van der Waals surface area contributed by atoms with Gasteiger partial charge in [-0.05, 0) is 30.7 Å². The van der Waals surface area contributed by atoms with Crippen LogP contribution in [-0.2, 0) is 4.79 Å². The summed E-state index contributed by atoms with van der Waals surface area (Å²) in [7, 11) is 0. The number of anilines is 1. The third-order valence-electron chi connectivity index (χ3n) is 4.80. The highest BCUT2D eigenvalue weighted by molar-refractivity contribution is 6.15. The Morgan fingerprint density at radius 3 is 2.19 bits per heavy atom. The average molecular weight is 359 g/mol. The zero-order valence-electron chi connectivity index (χ0n) is 14.8. The van der Waals surface area contributed by atoms with Crippen LogP contribution < -0.4 is 4.90 Å². The number of hydrogen-bond donors (Lipinski definition) is 1. The van der Waals surface area contributed by atoms with Crippen LogP contribution in [0.4, 0.5) is 10.1 Å². The van der Waals surface area contributed by atoms with Crippen LogP contribution in [0.2, 0.25) is 0 Å². The summed E-state index contributed by atoms with van der Waals surface area (Å²) in [6.45, 7) is 1.95. The van der Waals surface area contributed by atoms with Gasteiger partial charge in [0.1, 0.15) is 5.82 Å². The summed E-state index contributed by atoms with van der Waals surface area (Å²) in [6.07, 6.45) is 0. The van der Waals surface area contributed by atoms with Gasteiger partial charge in [0, 0.05) is 16.8 Å². The second kappa shape index (κ2) is 6.72. The fraction of sp³-hybridized carbons (Fsp3) is 0.0870. The van der Waals surface area contributed by atoms with Gasteiger partial charge < -0.3 is 5.11 Å². The predicted octanol–water partition coefficient (Wildman–Crippen LogP) is 5.19. The molecule has 4 rings (SSSR count). The van der Waals surface area contributed by atoms with Gasteiger partial charge in [-0.2, -0.15) is 0 Å². The van der Waals surface area contributed by atoms with Crippen LogP contribution in [0, 0.1) is 12.7 Å². The number of carbonyl (C=O) groups excluding carboxylic acids is 1. The van der Waals surface area contributed by atoms with Crippen molar-refractivity contribution in [2.24, 2.45) is 0 Å². The van der Waals surface area contributed by atoms with E-state index in [-0.39, 0.29) is 5.76 Å². The molecule has 0 saturated carbocycles. The largest absolute Gasteiger partial charge is 0.503 e. The molecule has 0 saturated heterocycles. The first-order valence-corrected chi connectivity index (χ1v) is 8.71. The maximum atomic E-state index is 14.7. The summed E-state index contributed by atoms with van der Waals surface area (Å²) in [5, 5.41) is 10.7. The van der Waals surface area contributed by atoms with Gasteiger partial charge in [0.2, 0.25) is 0 Å². The van der Waals surface area contributed by atoms with Crippen molar-refractivity contribution >= 4 is 17.2 Å². The maximum Gasteiger partial charge on any atom is 0.294 e. The molecule has 4 heteroatoms. The summed E-state index contributed by atoms with van der Waals surface area (Å²) < 4.78 is 14.7. The van der Waals surface area contributed by atoms with Crippen molar-refractivity contribution in [2.45, 2.75) is 13.0 Å². The molecule has 1 heterocycles. The maximum absolute atomic E-state index is 14.7. The fourth-order valence-corrected chi connectivity index (χ4v) is 3.48. The number of nitrogens with zero attached hydrogens (tertiary/aromatic N) is 1. The molecule has 1 N–H and O–H groups in total. The van der Waals surface area contributed by atoms with E-state index in [9.17, 15) is 14.3 Å². The number of halogens is 1. The van der Waals surface area contributed by atoms with E-state index in [1.807, 2.05) is 61.5 Å². The molecule has 0 spiro atoms. The molecule has 1 aliphatic rings. The van der Waals surface area contributed by atoms with Crippen LogP contribution >= 0.6 is 0 Å². The molecular formula is C23H18FNO2. The summed E-state index contributed by atoms with van der Waals surface area (Å²) in [5.41, 5.74) is 3.09. The second-order valence-electron chi connectivity index (χ2n) is 6.56. The van der Waals surface area contributed by atoms with Gasteiger partial charge in [-0.3, -0.25) is 9.69 Å². The summed E-state index contributed by atoms with van der Waals surface area (Å²) >= 11 is 0. The monoisotopic (exact) mass is 359 g/mol. The minimum Gasteiger partial charge on any atom is -0.503 e. The molecule has 0 aliphatic carbocycles. The zero-order chi connectivity index (χ0) is 19.0. The van der Waals surface area contributed by atoms with Crippen LogP contribution in [0.1, 0.15) is 22.7 Å². The van der Waals surface area contributed by atoms with E-state index in [0.29, 0.717) is 22.4 Å². The standard InChI is InChI=1S/C23H18FNO2/c1-15-11-13-17(14-12-15)25-21(18-9-5-6-10-19(18)24)20(22(26)23(25)27)16-7-3-2-4-8-16/h2-14,21,26H,1H3/t21-/m0/s1. The molecule has 0 fully saturated rings. The first-order valence-electron chi connectivity index (χ1n) is 8.71. The van der Waals surface area contributed by atoms with Gasteiger partial charge in [0.15, 0.2) is 5.76 Å². The number of aliphatic hydroxyl groups excluding tert-OH is 1. The van der Waals surface area contributed by atoms with Crippen LogP contribution in [0.25, 0.3) is 5.57 Å². The molecule has 3 nitrogen and oxygen atoms in total. The quantitative estimate of drug-likeness (QED) is 0.699. The third kappa shape index (κ3) is 2.89. The van der Waals surface area contributed by atoms with Crippen LogP contribution in [-0.4, -0.2) is 11.0 Å². The highest BCUT2D eigenvalue weighted by Gasteiger charge is 2.42. The van der Waals surface area contributed by atoms with E-state index in [4.69, 9.17) is 0 Å². The number of rotatable bonds is 3. The molecule has 3 aromatic carbocycles. The van der Waals surface area contributed by atoms with Crippen molar-refractivity contribution in [3.8, 4) is 0 Å². The van der Waals surface area contributed by atoms with Crippen LogP contribution in [0.15, 0.2) is 84.6 Å². The lowest BCUT2D eigenvalue weighted by molar-refractivity contribution is -0.117. The summed E-state index contributed by atoms with van der Waals surface area (Å²) in [4.78, 5) is 14.4. The molecule has 1 amide bonds. The van der Waals surface area contributed by atoms with E-state index in [2.05, 4.69) is 0 Å². The molecule has 0 bridgehead atoms. The Hall–Kier alpha value is -3.40. The fourth-order valence-electron chi connectivity index (χ4n) is 3.48. The van der Waals surface area contributed by atoms with Crippen molar-refractivity contribution in [1.29, 1.82) is 0 Å². The molecular weight excluding hydrogens is 341 g/mol. The number of carbonyl (C=O) groups is 1. The lowest BCUT2D eigenvalue weighted by Crippen LogP contribution is -2.30. The minimum absolute atomic E-state index is 0.342. The van der Waals surface area contributed by atoms with Gasteiger partial charge in [-0.25, -0.2) is 4.39 Å². The normalized spacial score (nSPS) is 16.9. The van der Waals surface area contributed by atoms with Gasteiger partial charge in [0.25, 0.3) is 5.91 Å². The number of benzene rings is 3. The lowest BCUT2D eigenvalue weighted by Gasteiger charge is -2.27. The van der Waals surface area contributed by atoms with E-state index in [1.165, 1.54) is 11.0 Å². The Kier molecular flexibility index (Phi) is 4.24. The Labute approximate surface area is 157 Å². The second-order valence-corrected chi connectivity index (χ2v) is 6.56. The lowest BCUT2D eigenvalue weighted by atomic mass is 9.93. The first-order chi connectivity index (χ1) is 13.1. The molecule has 134 valence electrons. The van der Waals surface area contributed by atoms with E-state index in [1.54, 1.807) is 18.2 Å².